The molecule has 0 unspecified atom stereocenters. The van der Waals surface area contributed by atoms with E-state index in [1.165, 1.54) is 0 Å². The van der Waals surface area contributed by atoms with E-state index in [4.69, 9.17) is 4.74 Å². The largest absolute Gasteiger partial charge is 0.494 e. The number of carbonyl (C=O) groups is 2. The van der Waals surface area contributed by atoms with Gasteiger partial charge in [0.25, 0.3) is 0 Å². The van der Waals surface area contributed by atoms with Crippen LogP contribution >= 0.6 is 12.4 Å². The van der Waals surface area contributed by atoms with Gasteiger partial charge in [0.2, 0.25) is 11.8 Å². The molecule has 0 spiro atoms. The predicted octanol–water partition coefficient (Wildman–Crippen LogP) is 0.809. The SMILES string of the molecule is CCOc1ccc(NC(=O)CN2CCN(C(=O)CNC)CC2)cc1.Cl. The van der Waals surface area contributed by atoms with Gasteiger partial charge in [-0.25, -0.2) is 0 Å². The zero-order chi connectivity index (χ0) is 17.4. The van der Waals surface area contributed by atoms with E-state index in [9.17, 15) is 9.59 Å². The number of nitrogens with zero attached hydrogens (tertiary/aromatic N) is 2. The molecule has 1 aliphatic heterocycles. The lowest BCUT2D eigenvalue weighted by atomic mass is 10.3. The highest BCUT2D eigenvalue weighted by Gasteiger charge is 2.21. The Hall–Kier alpha value is -1.83. The summed E-state index contributed by atoms with van der Waals surface area (Å²) in [7, 11) is 1.76. The van der Waals surface area contributed by atoms with Crippen LogP contribution in [0.25, 0.3) is 0 Å². The molecule has 1 aliphatic rings. The van der Waals surface area contributed by atoms with Crippen LogP contribution in [0.2, 0.25) is 0 Å². The van der Waals surface area contributed by atoms with Gasteiger partial charge in [-0.15, -0.1) is 12.4 Å². The Balaban J connectivity index is 0.00000312. The molecule has 25 heavy (non-hydrogen) atoms. The van der Waals surface area contributed by atoms with Crippen molar-refractivity contribution in [2.24, 2.45) is 0 Å². The number of rotatable bonds is 7. The number of hydrogen-bond acceptors (Lipinski definition) is 5. The predicted molar refractivity (Wildman–Crippen MR) is 100 cm³/mol. The van der Waals surface area contributed by atoms with E-state index < -0.39 is 0 Å². The highest BCUT2D eigenvalue weighted by Crippen LogP contribution is 2.15. The molecule has 0 bridgehead atoms. The van der Waals surface area contributed by atoms with Crippen molar-refractivity contribution < 1.29 is 14.3 Å². The zero-order valence-corrected chi connectivity index (χ0v) is 15.6. The summed E-state index contributed by atoms with van der Waals surface area (Å²) in [5.74, 6) is 0.850. The Labute approximate surface area is 155 Å². The number of halogens is 1. The summed E-state index contributed by atoms with van der Waals surface area (Å²) in [6, 6.07) is 7.34. The van der Waals surface area contributed by atoms with Crippen LogP contribution in [0.1, 0.15) is 6.92 Å². The number of nitrogens with one attached hydrogen (secondary N) is 2. The monoisotopic (exact) mass is 370 g/mol. The molecule has 0 aromatic heterocycles. The number of carbonyl (C=O) groups excluding carboxylic acids is 2. The second-order valence-electron chi connectivity index (χ2n) is 5.69. The standard InChI is InChI=1S/C17H26N4O3.ClH/c1-3-24-15-6-4-14(5-7-15)19-16(22)13-20-8-10-21(11-9-20)17(23)12-18-2;/h4-7,18H,3,8-13H2,1-2H3,(H,19,22);1H. The third-order valence-corrected chi connectivity index (χ3v) is 3.87. The van der Waals surface area contributed by atoms with Crippen LogP contribution in [0.5, 0.6) is 5.75 Å². The van der Waals surface area contributed by atoms with Crippen molar-refractivity contribution in [2.45, 2.75) is 6.92 Å². The summed E-state index contributed by atoms with van der Waals surface area (Å²) in [5.41, 5.74) is 0.756. The Morgan fingerprint density at radius 1 is 1.12 bits per heavy atom. The van der Waals surface area contributed by atoms with E-state index in [1.807, 2.05) is 36.1 Å². The molecule has 1 saturated heterocycles. The Kier molecular flexibility index (Phi) is 9.26. The zero-order valence-electron chi connectivity index (χ0n) is 14.8. The van der Waals surface area contributed by atoms with E-state index in [0.717, 1.165) is 11.4 Å². The molecule has 1 heterocycles. The Morgan fingerprint density at radius 2 is 1.76 bits per heavy atom. The van der Waals surface area contributed by atoms with Crippen molar-refractivity contribution in [3.8, 4) is 5.75 Å². The van der Waals surface area contributed by atoms with E-state index >= 15 is 0 Å². The molecule has 1 fully saturated rings. The van der Waals surface area contributed by atoms with Crippen molar-refractivity contribution in [2.75, 3.05) is 58.2 Å². The molecule has 0 atom stereocenters. The van der Waals surface area contributed by atoms with Gasteiger partial charge in [-0.3, -0.25) is 14.5 Å². The van der Waals surface area contributed by atoms with Gasteiger partial charge in [-0.1, -0.05) is 0 Å². The second kappa shape index (κ2) is 10.9. The minimum absolute atomic E-state index is 0. The molecular formula is C17H27ClN4O3. The first-order valence-corrected chi connectivity index (χ1v) is 8.29. The third-order valence-electron chi connectivity index (χ3n) is 3.87. The first-order chi connectivity index (χ1) is 11.6. The lowest BCUT2D eigenvalue weighted by Gasteiger charge is -2.34. The topological polar surface area (TPSA) is 73.9 Å². The maximum absolute atomic E-state index is 12.1. The second-order valence-corrected chi connectivity index (χ2v) is 5.69. The van der Waals surface area contributed by atoms with Crippen LogP contribution in [0.15, 0.2) is 24.3 Å². The first-order valence-electron chi connectivity index (χ1n) is 8.29. The van der Waals surface area contributed by atoms with Crippen molar-refractivity contribution >= 4 is 29.9 Å². The molecule has 1 aromatic carbocycles. The van der Waals surface area contributed by atoms with Gasteiger partial charge in [0.1, 0.15) is 5.75 Å². The van der Waals surface area contributed by atoms with Crippen LogP contribution in [0.4, 0.5) is 5.69 Å². The smallest absolute Gasteiger partial charge is 0.238 e. The first kappa shape index (κ1) is 21.2. The fourth-order valence-corrected chi connectivity index (χ4v) is 2.62. The summed E-state index contributed by atoms with van der Waals surface area (Å²) in [4.78, 5) is 27.8. The van der Waals surface area contributed by atoms with Crippen LogP contribution in [0.3, 0.4) is 0 Å². The normalized spacial score (nSPS) is 14.6. The average molecular weight is 371 g/mol. The van der Waals surface area contributed by atoms with Crippen molar-refractivity contribution in [3.63, 3.8) is 0 Å². The molecule has 0 aliphatic carbocycles. The summed E-state index contributed by atoms with van der Waals surface area (Å²) >= 11 is 0. The number of amides is 2. The van der Waals surface area contributed by atoms with Gasteiger partial charge < -0.3 is 20.3 Å². The molecule has 2 amide bonds. The molecule has 2 N–H and O–H groups in total. The minimum Gasteiger partial charge on any atom is -0.494 e. The summed E-state index contributed by atoms with van der Waals surface area (Å²) in [6.45, 7) is 6.00. The Morgan fingerprint density at radius 3 is 2.32 bits per heavy atom. The van der Waals surface area contributed by atoms with Crippen LogP contribution in [0, 0.1) is 0 Å². The molecule has 2 rings (SSSR count). The van der Waals surface area contributed by atoms with Crippen molar-refractivity contribution in [1.82, 2.24) is 15.1 Å². The van der Waals surface area contributed by atoms with Crippen LogP contribution < -0.4 is 15.4 Å². The molecule has 1 aromatic rings. The maximum Gasteiger partial charge on any atom is 0.238 e. The minimum atomic E-state index is -0.0471. The van der Waals surface area contributed by atoms with Gasteiger partial charge in [0.05, 0.1) is 19.7 Å². The molecule has 7 nitrogen and oxygen atoms in total. The third kappa shape index (κ3) is 6.89. The van der Waals surface area contributed by atoms with Gasteiger partial charge in [-0.05, 0) is 38.2 Å². The lowest BCUT2D eigenvalue weighted by molar-refractivity contribution is -0.132. The maximum atomic E-state index is 12.1. The molecule has 0 radical (unpaired) electrons. The highest BCUT2D eigenvalue weighted by atomic mass is 35.5. The number of piperazine rings is 1. The average Bonchev–Trinajstić information content (AvgIpc) is 2.58. The van der Waals surface area contributed by atoms with Crippen LogP contribution in [-0.2, 0) is 9.59 Å². The number of anilines is 1. The quantitative estimate of drug-likeness (QED) is 0.743. The summed E-state index contributed by atoms with van der Waals surface area (Å²) < 4.78 is 5.38. The number of benzene rings is 1. The van der Waals surface area contributed by atoms with E-state index in [1.54, 1.807) is 7.05 Å². The highest BCUT2D eigenvalue weighted by molar-refractivity contribution is 5.92. The van der Waals surface area contributed by atoms with Gasteiger partial charge in [0, 0.05) is 31.9 Å². The number of likely N-dealkylation sites (N-methyl/N-ethyl adjacent to an activating group) is 1. The fourth-order valence-electron chi connectivity index (χ4n) is 2.62. The van der Waals surface area contributed by atoms with E-state index in [-0.39, 0.29) is 24.2 Å². The molecule has 8 heteroatoms. The fraction of sp³-hybridized carbons (Fsp3) is 0.529. The van der Waals surface area contributed by atoms with Gasteiger partial charge in [-0.2, -0.15) is 0 Å². The Bertz CT molecular complexity index is 545. The summed E-state index contributed by atoms with van der Waals surface area (Å²) in [5, 5.41) is 5.76. The molecule has 0 saturated carbocycles. The summed E-state index contributed by atoms with van der Waals surface area (Å²) in [6.07, 6.45) is 0. The van der Waals surface area contributed by atoms with E-state index in [2.05, 4.69) is 15.5 Å². The molecular weight excluding hydrogens is 344 g/mol. The van der Waals surface area contributed by atoms with E-state index in [0.29, 0.717) is 45.9 Å². The van der Waals surface area contributed by atoms with Gasteiger partial charge in [0.15, 0.2) is 0 Å². The van der Waals surface area contributed by atoms with Crippen LogP contribution in [-0.4, -0.2) is 74.5 Å². The van der Waals surface area contributed by atoms with Crippen molar-refractivity contribution in [1.29, 1.82) is 0 Å². The van der Waals surface area contributed by atoms with Gasteiger partial charge >= 0.3 is 0 Å². The number of ether oxygens (including phenoxy) is 1. The molecule has 140 valence electrons. The number of hydrogen-bond donors (Lipinski definition) is 2. The lowest BCUT2D eigenvalue weighted by Crippen LogP contribution is -2.51. The van der Waals surface area contributed by atoms with Crippen molar-refractivity contribution in [3.05, 3.63) is 24.3 Å².